The number of hydrogen-bond donors (Lipinski definition) is 2. The van der Waals surface area contributed by atoms with E-state index in [0.717, 1.165) is 32.1 Å². The summed E-state index contributed by atoms with van der Waals surface area (Å²) in [7, 11) is 1.57. The molecule has 0 bridgehead atoms. The lowest BCUT2D eigenvalue weighted by Gasteiger charge is -2.27. The smallest absolute Gasteiger partial charge is 0.243 e. The molecule has 1 rings (SSSR count). The molecule has 24 heavy (non-hydrogen) atoms. The number of carbonyl (C=O) groups excluding carboxylic acids is 2. The van der Waals surface area contributed by atoms with E-state index in [1.165, 1.54) is 0 Å². The summed E-state index contributed by atoms with van der Waals surface area (Å²) in [5, 5.41) is 5.93. The van der Waals surface area contributed by atoms with Crippen LogP contribution in [0.25, 0.3) is 0 Å². The number of amides is 2. The largest absolute Gasteiger partial charge is 0.354 e. The van der Waals surface area contributed by atoms with Crippen molar-refractivity contribution < 1.29 is 19.1 Å². The van der Waals surface area contributed by atoms with Crippen LogP contribution in [-0.4, -0.2) is 43.9 Å². The number of ether oxygens (including phenoxy) is 2. The molecule has 1 aliphatic heterocycles. The van der Waals surface area contributed by atoms with Crippen LogP contribution >= 0.6 is 0 Å². The molecule has 0 saturated carbocycles. The van der Waals surface area contributed by atoms with E-state index >= 15 is 0 Å². The summed E-state index contributed by atoms with van der Waals surface area (Å²) in [6.45, 7) is 8.61. The minimum Gasteiger partial charge on any atom is -0.354 e. The molecule has 2 N–H and O–H groups in total. The second-order valence-corrected chi connectivity index (χ2v) is 6.88. The predicted octanol–water partition coefficient (Wildman–Crippen LogP) is 2.22. The van der Waals surface area contributed by atoms with Gasteiger partial charge in [0.1, 0.15) is 6.04 Å². The molecule has 1 fully saturated rings. The predicted molar refractivity (Wildman–Crippen MR) is 93.4 cm³/mol. The Morgan fingerprint density at radius 1 is 1.17 bits per heavy atom. The van der Waals surface area contributed by atoms with Crippen molar-refractivity contribution in [1.82, 2.24) is 10.6 Å². The Hall–Kier alpha value is -1.14. The average Bonchev–Trinajstić information content (AvgIpc) is 2.98. The first-order valence-electron chi connectivity index (χ1n) is 9.19. The van der Waals surface area contributed by atoms with Crippen molar-refractivity contribution in [3.05, 3.63) is 0 Å². The lowest BCUT2D eigenvalue weighted by molar-refractivity contribution is -0.135. The zero-order chi connectivity index (χ0) is 18.1. The highest BCUT2D eigenvalue weighted by molar-refractivity contribution is 5.88. The topological polar surface area (TPSA) is 76.7 Å². The van der Waals surface area contributed by atoms with Crippen LogP contribution in [0.15, 0.2) is 0 Å². The second-order valence-electron chi connectivity index (χ2n) is 6.88. The van der Waals surface area contributed by atoms with Crippen LogP contribution in [0.5, 0.6) is 0 Å². The molecule has 0 aromatic heterocycles. The lowest BCUT2D eigenvalue weighted by atomic mass is 9.95. The van der Waals surface area contributed by atoms with Crippen molar-refractivity contribution in [3.8, 4) is 0 Å². The Bertz CT molecular complexity index is 394. The Morgan fingerprint density at radius 2 is 1.79 bits per heavy atom. The monoisotopic (exact) mass is 342 g/mol. The van der Waals surface area contributed by atoms with Gasteiger partial charge in [-0.15, -0.1) is 0 Å². The van der Waals surface area contributed by atoms with Gasteiger partial charge >= 0.3 is 0 Å². The van der Waals surface area contributed by atoms with Crippen LogP contribution in [0.3, 0.4) is 0 Å². The Labute approximate surface area is 146 Å². The molecule has 0 aliphatic carbocycles. The Balaban J connectivity index is 2.67. The molecule has 140 valence electrons. The van der Waals surface area contributed by atoms with Crippen molar-refractivity contribution in [3.63, 3.8) is 0 Å². The molecule has 6 heteroatoms. The van der Waals surface area contributed by atoms with Crippen molar-refractivity contribution in [2.45, 2.75) is 78.2 Å². The maximum atomic E-state index is 12.6. The molecule has 6 nitrogen and oxygen atoms in total. The SMILES string of the molecule is CCCC(CCC)C(=O)N[C@H](C(=O)N[C@H]1CCO[C@@H]1OC)C(C)C. The van der Waals surface area contributed by atoms with Crippen LogP contribution in [0, 0.1) is 11.8 Å². The van der Waals surface area contributed by atoms with Gasteiger partial charge in [0.2, 0.25) is 11.8 Å². The maximum Gasteiger partial charge on any atom is 0.243 e. The normalized spacial score (nSPS) is 22.0. The molecule has 1 saturated heterocycles. The van der Waals surface area contributed by atoms with Gasteiger partial charge in [0.15, 0.2) is 6.29 Å². The van der Waals surface area contributed by atoms with E-state index in [1.54, 1.807) is 7.11 Å². The zero-order valence-corrected chi connectivity index (χ0v) is 15.8. The van der Waals surface area contributed by atoms with Gasteiger partial charge in [-0.1, -0.05) is 40.5 Å². The minimum absolute atomic E-state index is 0.0150. The van der Waals surface area contributed by atoms with E-state index < -0.39 is 12.3 Å². The van der Waals surface area contributed by atoms with Gasteiger partial charge in [-0.2, -0.15) is 0 Å². The fourth-order valence-electron chi connectivity index (χ4n) is 3.12. The summed E-state index contributed by atoms with van der Waals surface area (Å²) in [5.41, 5.74) is 0. The third-order valence-electron chi connectivity index (χ3n) is 4.49. The van der Waals surface area contributed by atoms with E-state index in [-0.39, 0.29) is 29.7 Å². The third kappa shape index (κ3) is 6.06. The first-order valence-corrected chi connectivity index (χ1v) is 9.19. The number of carbonyl (C=O) groups is 2. The summed E-state index contributed by atoms with van der Waals surface area (Å²) in [6, 6.07) is -0.699. The van der Waals surface area contributed by atoms with Gasteiger partial charge in [0, 0.05) is 13.0 Å². The van der Waals surface area contributed by atoms with E-state index in [2.05, 4.69) is 24.5 Å². The molecule has 0 aromatic carbocycles. The summed E-state index contributed by atoms with van der Waals surface area (Å²) < 4.78 is 10.6. The van der Waals surface area contributed by atoms with E-state index in [4.69, 9.17) is 9.47 Å². The molecule has 3 atom stereocenters. The van der Waals surface area contributed by atoms with Gasteiger partial charge in [-0.3, -0.25) is 9.59 Å². The summed E-state index contributed by atoms with van der Waals surface area (Å²) in [4.78, 5) is 25.2. The van der Waals surface area contributed by atoms with Gasteiger partial charge in [0.05, 0.1) is 12.6 Å². The Kier molecular flexibility index (Phi) is 9.29. The molecule has 2 amide bonds. The quantitative estimate of drug-likeness (QED) is 0.638. The fraction of sp³-hybridized carbons (Fsp3) is 0.889. The highest BCUT2D eigenvalue weighted by Crippen LogP contribution is 2.17. The van der Waals surface area contributed by atoms with Crippen LogP contribution in [0.1, 0.15) is 59.8 Å². The maximum absolute atomic E-state index is 12.6. The van der Waals surface area contributed by atoms with E-state index in [9.17, 15) is 9.59 Å². The third-order valence-corrected chi connectivity index (χ3v) is 4.49. The highest BCUT2D eigenvalue weighted by Gasteiger charge is 2.33. The molecule has 1 heterocycles. The number of rotatable bonds is 10. The van der Waals surface area contributed by atoms with Gasteiger partial charge in [-0.05, 0) is 25.2 Å². The highest BCUT2D eigenvalue weighted by atomic mass is 16.7. The molecular formula is C18H34N2O4. The minimum atomic E-state index is -0.535. The van der Waals surface area contributed by atoms with Crippen LogP contribution < -0.4 is 10.6 Å². The van der Waals surface area contributed by atoms with E-state index in [0.29, 0.717) is 6.61 Å². The van der Waals surface area contributed by atoms with E-state index in [1.807, 2.05) is 13.8 Å². The van der Waals surface area contributed by atoms with Gasteiger partial charge in [0.25, 0.3) is 0 Å². The lowest BCUT2D eigenvalue weighted by Crippen LogP contribution is -2.54. The first-order chi connectivity index (χ1) is 11.4. The fourth-order valence-corrected chi connectivity index (χ4v) is 3.12. The number of hydrogen-bond acceptors (Lipinski definition) is 4. The number of methoxy groups -OCH3 is 1. The van der Waals surface area contributed by atoms with Crippen LogP contribution in [0.2, 0.25) is 0 Å². The molecule has 1 aliphatic rings. The number of nitrogens with one attached hydrogen (secondary N) is 2. The summed E-state index contributed by atoms with van der Waals surface area (Å²) in [6.07, 6.45) is 3.95. The van der Waals surface area contributed by atoms with Crippen molar-refractivity contribution in [2.24, 2.45) is 11.8 Å². The molecular weight excluding hydrogens is 308 g/mol. The zero-order valence-electron chi connectivity index (χ0n) is 15.8. The molecule has 0 radical (unpaired) electrons. The van der Waals surface area contributed by atoms with Crippen molar-refractivity contribution in [1.29, 1.82) is 0 Å². The van der Waals surface area contributed by atoms with Crippen molar-refractivity contribution in [2.75, 3.05) is 13.7 Å². The molecule has 0 spiro atoms. The summed E-state index contributed by atoms with van der Waals surface area (Å²) in [5.74, 6) is -0.182. The summed E-state index contributed by atoms with van der Waals surface area (Å²) >= 11 is 0. The standard InChI is InChI=1S/C18H34N2O4/c1-6-8-13(9-7-2)16(21)20-15(12(3)4)17(22)19-14-10-11-24-18(14)23-5/h12-15,18H,6-11H2,1-5H3,(H,19,22)(H,20,21)/t14-,15-,18-/m0/s1. The second kappa shape index (κ2) is 10.7. The van der Waals surface area contributed by atoms with Crippen LogP contribution in [0.4, 0.5) is 0 Å². The van der Waals surface area contributed by atoms with Gasteiger partial charge in [-0.25, -0.2) is 0 Å². The Morgan fingerprint density at radius 3 is 2.29 bits per heavy atom. The van der Waals surface area contributed by atoms with Gasteiger partial charge < -0.3 is 20.1 Å². The van der Waals surface area contributed by atoms with Crippen LogP contribution in [-0.2, 0) is 19.1 Å². The molecule has 0 unspecified atom stereocenters. The van der Waals surface area contributed by atoms with Crippen molar-refractivity contribution >= 4 is 11.8 Å². The molecule has 0 aromatic rings. The average molecular weight is 342 g/mol. The first kappa shape index (κ1) is 20.9.